The van der Waals surface area contributed by atoms with Crippen LogP contribution in [0, 0.1) is 0 Å². The summed E-state index contributed by atoms with van der Waals surface area (Å²) in [6, 6.07) is 28.2. The molecule has 588 valence electrons. The van der Waals surface area contributed by atoms with E-state index in [1.807, 2.05) is 141 Å². The number of hydrogen-bond acceptors (Lipinski definition) is 24. The van der Waals surface area contributed by atoms with Gasteiger partial charge in [0.15, 0.2) is 0 Å². The van der Waals surface area contributed by atoms with Crippen molar-refractivity contribution in [1.29, 1.82) is 0 Å². The zero-order valence-corrected chi connectivity index (χ0v) is 79.9. The molecule has 114 heavy (non-hydrogen) atoms. The van der Waals surface area contributed by atoms with Crippen molar-refractivity contribution >= 4 is 343 Å². The molecule has 0 bridgehead atoms. The minimum Gasteiger partial charge on any atom is -0.244 e. The normalized spacial score (nSPS) is 16.3. The van der Waals surface area contributed by atoms with E-state index in [1.54, 1.807) is 0 Å². The summed E-state index contributed by atoms with van der Waals surface area (Å²) in [6.07, 6.45) is 31.1. The highest BCUT2D eigenvalue weighted by Crippen LogP contribution is 2.69. The average molecular weight is 1830 g/mol. The average Bonchev–Trinajstić information content (AvgIpc) is 0.804. The zero-order chi connectivity index (χ0) is 76.9. The van der Waals surface area contributed by atoms with Gasteiger partial charge in [0.1, 0.15) is 0 Å². The quantitative estimate of drug-likeness (QED) is 0.0212. The highest BCUT2D eigenvalue weighted by molar-refractivity contribution is 8.44. The standard InChI is InChI=1S/C90H90N6S18/c1-7-13-19-25-37-97-79-80(98-38-26-20-14-8-2)110-88(109-79)85-103-61-43-55-56(44-62(61)104-85)92-74-50-32-34-52-70-68(50)67-49(73(74)91-55)31-33-51-69(67)71-53(77-75(51)93-57-45-63-65(47-59(57)95-77)107-86(105-63)89-111-81(99-39-27-21-15-9-3)82(112-89)100-40-28-22-16-10-4)35-36-54(72(70)71)78-76(52)94-58-46-64-66(48-60(58)96-78)108-87(106-64)90-113-83(101-41-29-23-17-11-5)84(114-90)102-42-30-24-18-12-6/h31-36,43-48H,7-30,37-42H2,1-6H3. The SMILES string of the molecule is CCCCCCSC1=C(SCCCCCC)SC(=C2Sc3cc4nc5c6ccc7c8nc9cc%10c(cc9nc8c8ccc9c%11nc%12cc%13c(cc%12nc%11c%11ccc(c5nc4cc3S2)c2c6c7c8c9c%112)SC(=C2SC(SCCCCCC)=C(SCCCCCC)S2)S%13)SC(=C2SC(SCCCCCC)=C(SCCCCCC)S2)S%10)S1. The van der Waals surface area contributed by atoms with Gasteiger partial charge in [-0.15, -0.1) is 70.6 Å². The van der Waals surface area contributed by atoms with Crippen molar-refractivity contribution in [3.8, 4) is 0 Å². The van der Waals surface area contributed by atoms with Crippen LogP contribution in [0.25, 0.3) is 131 Å². The zero-order valence-electron chi connectivity index (χ0n) is 65.2. The Hall–Kier alpha value is -1.92. The summed E-state index contributed by atoms with van der Waals surface area (Å²) < 4.78 is 17.5. The van der Waals surface area contributed by atoms with E-state index in [9.17, 15) is 0 Å². The lowest BCUT2D eigenvalue weighted by Crippen LogP contribution is -2.00. The van der Waals surface area contributed by atoms with E-state index in [-0.39, 0.29) is 0 Å². The van der Waals surface area contributed by atoms with E-state index < -0.39 is 0 Å². The third kappa shape index (κ3) is 16.3. The van der Waals surface area contributed by atoms with E-state index in [0.717, 1.165) is 98.5 Å². The lowest BCUT2D eigenvalue weighted by atomic mass is 9.81. The lowest BCUT2D eigenvalue weighted by molar-refractivity contribution is 0.707. The molecule has 9 heterocycles. The van der Waals surface area contributed by atoms with Gasteiger partial charge in [0.05, 0.1) is 117 Å². The van der Waals surface area contributed by atoms with Crippen LogP contribution in [0.3, 0.4) is 0 Å². The van der Waals surface area contributed by atoms with Crippen molar-refractivity contribution in [1.82, 2.24) is 29.9 Å². The van der Waals surface area contributed by atoms with Gasteiger partial charge in [0.25, 0.3) is 0 Å². The third-order valence-corrected chi connectivity index (χ3v) is 48.0. The fraction of sp³-hybridized carbons (Fsp3) is 0.400. The predicted octanol–water partition coefficient (Wildman–Crippen LogP) is 35.9. The Labute approximate surface area is 746 Å². The maximum absolute atomic E-state index is 5.84. The second-order valence-electron chi connectivity index (χ2n) is 30.0. The maximum Gasteiger partial charge on any atom is 0.0979 e. The summed E-state index contributed by atoms with van der Waals surface area (Å²) in [4.78, 5) is 42.7. The summed E-state index contributed by atoms with van der Waals surface area (Å²) in [5, 5.41) is 14.0. The first-order valence-electron chi connectivity index (χ1n) is 41.2. The van der Waals surface area contributed by atoms with Crippen LogP contribution in [0.5, 0.6) is 0 Å². The largest absolute Gasteiger partial charge is 0.244 e. The minimum atomic E-state index is 0.934. The summed E-state index contributed by atoms with van der Waals surface area (Å²) in [7, 11) is 0. The lowest BCUT2D eigenvalue weighted by Gasteiger charge is -2.23. The van der Waals surface area contributed by atoms with Crippen LogP contribution in [0.1, 0.15) is 196 Å². The van der Waals surface area contributed by atoms with Gasteiger partial charge in [-0.3, -0.25) is 0 Å². The molecule has 0 N–H and O–H groups in total. The molecule has 24 heteroatoms. The molecule has 3 aromatic heterocycles. The van der Waals surface area contributed by atoms with Gasteiger partial charge < -0.3 is 0 Å². The number of nitrogens with zero attached hydrogens (tertiary/aromatic N) is 6. The fourth-order valence-electron chi connectivity index (χ4n) is 16.0. The van der Waals surface area contributed by atoms with Crippen molar-refractivity contribution in [3.05, 3.63) is 124 Å². The van der Waals surface area contributed by atoms with E-state index in [1.165, 1.54) is 301 Å². The molecule has 0 aliphatic carbocycles. The number of hydrogen-bond donors (Lipinski definition) is 0. The molecule has 6 nitrogen and oxygen atoms in total. The van der Waals surface area contributed by atoms with Crippen LogP contribution in [0.4, 0.5) is 0 Å². The van der Waals surface area contributed by atoms with Gasteiger partial charge in [-0.1, -0.05) is 335 Å². The first-order chi connectivity index (χ1) is 56.2. The molecule has 0 saturated heterocycles. The Morgan fingerprint density at radius 1 is 0.202 bits per heavy atom. The number of unbranched alkanes of at least 4 members (excludes halogenated alkanes) is 18. The fourth-order valence-corrected chi connectivity index (χ4v) is 42.5. The molecule has 19 rings (SSSR count). The molecule has 0 unspecified atom stereocenters. The van der Waals surface area contributed by atoms with Gasteiger partial charge in [0.2, 0.25) is 0 Å². The highest BCUT2D eigenvalue weighted by atomic mass is 32.3. The van der Waals surface area contributed by atoms with Gasteiger partial charge in [-0.05, 0) is 109 Å². The Kier molecular flexibility index (Phi) is 26.7. The van der Waals surface area contributed by atoms with Crippen molar-refractivity contribution in [2.45, 2.75) is 225 Å². The summed E-state index contributed by atoms with van der Waals surface area (Å²) >= 11 is 36.3. The molecule has 0 atom stereocenters. The van der Waals surface area contributed by atoms with E-state index in [0.29, 0.717) is 0 Å². The predicted molar refractivity (Wildman–Crippen MR) is 539 cm³/mol. The summed E-state index contributed by atoms with van der Waals surface area (Å²) in [5.74, 6) is 7.14. The maximum atomic E-state index is 5.84. The van der Waals surface area contributed by atoms with E-state index in [4.69, 9.17) is 29.9 Å². The smallest absolute Gasteiger partial charge is 0.0979 e. The molecule has 0 saturated carbocycles. The van der Waals surface area contributed by atoms with Crippen LogP contribution >= 0.6 is 212 Å². The van der Waals surface area contributed by atoms with Gasteiger partial charge >= 0.3 is 0 Å². The molecule has 0 radical (unpaired) electrons. The van der Waals surface area contributed by atoms with Crippen LogP contribution < -0.4 is 0 Å². The first-order valence-corrected chi connectivity index (χ1v) is 56.9. The molecule has 10 aromatic carbocycles. The number of rotatable bonds is 36. The number of benzene rings is 10. The Bertz CT molecular complexity index is 5180. The minimum absolute atomic E-state index is 0.934. The van der Waals surface area contributed by atoms with Crippen LogP contribution in [-0.4, -0.2) is 64.4 Å². The summed E-state index contributed by atoms with van der Waals surface area (Å²) in [6.45, 7) is 13.9. The number of fused-ring (bicyclic) bond motifs is 15. The van der Waals surface area contributed by atoms with Crippen molar-refractivity contribution in [3.63, 3.8) is 0 Å². The van der Waals surface area contributed by atoms with Crippen LogP contribution in [-0.2, 0) is 0 Å². The summed E-state index contributed by atoms with van der Waals surface area (Å²) in [5.41, 5.74) is 11.2. The highest BCUT2D eigenvalue weighted by Gasteiger charge is 2.36. The van der Waals surface area contributed by atoms with Gasteiger partial charge in [-0.2, -0.15) is 0 Å². The number of thioether (sulfide) groups is 18. The second kappa shape index (κ2) is 37.3. The molecule has 0 amide bonds. The van der Waals surface area contributed by atoms with Crippen molar-refractivity contribution < 1.29 is 0 Å². The Morgan fingerprint density at radius 3 is 0.518 bits per heavy atom. The Morgan fingerprint density at radius 2 is 0.360 bits per heavy atom. The topological polar surface area (TPSA) is 77.3 Å². The monoisotopic (exact) mass is 1830 g/mol. The number of aromatic nitrogens is 6. The molecular formula is C90H90N6S18. The molecule has 13 aromatic rings. The molecule has 0 spiro atoms. The van der Waals surface area contributed by atoms with Crippen molar-refractivity contribution in [2.75, 3.05) is 34.5 Å². The molecule has 0 fully saturated rings. The van der Waals surface area contributed by atoms with Gasteiger partial charge in [-0.25, -0.2) is 29.9 Å². The van der Waals surface area contributed by atoms with E-state index in [2.05, 4.69) is 185 Å². The molecule has 6 aliphatic heterocycles. The van der Waals surface area contributed by atoms with E-state index >= 15 is 0 Å². The van der Waals surface area contributed by atoms with Crippen LogP contribution in [0.2, 0.25) is 0 Å². The molecule has 6 aliphatic rings. The first kappa shape index (κ1) is 81.7. The Balaban J connectivity index is 0.731. The second-order valence-corrected chi connectivity index (χ2v) is 52.2. The third-order valence-electron chi connectivity index (χ3n) is 21.8. The molecular weight excluding hydrogens is 1740 g/mol. The van der Waals surface area contributed by atoms with Crippen LogP contribution in [0.15, 0.2) is 153 Å². The van der Waals surface area contributed by atoms with Crippen molar-refractivity contribution in [2.24, 2.45) is 0 Å². The van der Waals surface area contributed by atoms with Gasteiger partial charge in [0, 0.05) is 94.0 Å².